The molecule has 0 aliphatic heterocycles. The zero-order valence-corrected chi connectivity index (χ0v) is 5.82. The molecule has 1 aliphatic rings. The highest BCUT2D eigenvalue weighted by Crippen LogP contribution is 2.34. The fraction of sp³-hybridized carbons (Fsp3) is 0.429. The third-order valence-electron chi connectivity index (χ3n) is 1.78. The largest absolute Gasteiger partial charge is 0.388 e. The van der Waals surface area contributed by atoms with Gasteiger partial charge in [-0.05, 0) is 29.9 Å². The predicted octanol–water partition coefficient (Wildman–Crippen LogP) is 1.73. The molecule has 2 rings (SSSR count). The zero-order chi connectivity index (χ0) is 6.27. The first-order valence-electron chi connectivity index (χ1n) is 3.12. The van der Waals surface area contributed by atoms with Crippen LogP contribution in [-0.4, -0.2) is 5.11 Å². The molecule has 0 bridgehead atoms. The van der Waals surface area contributed by atoms with Gasteiger partial charge >= 0.3 is 0 Å². The maximum Gasteiger partial charge on any atom is 0.0804 e. The molecule has 1 aliphatic carbocycles. The number of rotatable bonds is 0. The summed E-state index contributed by atoms with van der Waals surface area (Å²) in [5, 5.41) is 11.3. The number of thiophene rings is 1. The summed E-state index contributed by atoms with van der Waals surface area (Å²) < 4.78 is 0. The van der Waals surface area contributed by atoms with E-state index in [0.29, 0.717) is 0 Å². The molecule has 0 amide bonds. The van der Waals surface area contributed by atoms with Crippen molar-refractivity contribution in [2.24, 2.45) is 0 Å². The van der Waals surface area contributed by atoms with E-state index in [2.05, 4.69) is 0 Å². The summed E-state index contributed by atoms with van der Waals surface area (Å²) in [6.07, 6.45) is 1.85. The molecule has 1 heterocycles. The van der Waals surface area contributed by atoms with Gasteiger partial charge in [0, 0.05) is 4.88 Å². The van der Waals surface area contributed by atoms with Crippen molar-refractivity contribution in [3.8, 4) is 0 Å². The van der Waals surface area contributed by atoms with Crippen molar-refractivity contribution in [2.45, 2.75) is 18.9 Å². The SMILES string of the molecule is O[C@@H]1CCc2sccc21. The first-order chi connectivity index (χ1) is 4.38. The van der Waals surface area contributed by atoms with Crippen molar-refractivity contribution in [2.75, 3.05) is 0 Å². The molecule has 1 nitrogen and oxygen atoms in total. The predicted molar refractivity (Wildman–Crippen MR) is 37.6 cm³/mol. The topological polar surface area (TPSA) is 20.2 Å². The normalized spacial score (nSPS) is 24.3. The van der Waals surface area contributed by atoms with Crippen LogP contribution in [0.15, 0.2) is 11.4 Å². The summed E-state index contributed by atoms with van der Waals surface area (Å²) in [5.74, 6) is 0. The van der Waals surface area contributed by atoms with Crippen LogP contribution in [0.3, 0.4) is 0 Å². The quantitative estimate of drug-likeness (QED) is 0.582. The van der Waals surface area contributed by atoms with Crippen LogP contribution in [0.1, 0.15) is 23.0 Å². The second-order valence-corrected chi connectivity index (χ2v) is 3.35. The molecule has 0 fully saturated rings. The maximum absolute atomic E-state index is 9.28. The Bertz CT molecular complexity index is 216. The van der Waals surface area contributed by atoms with Crippen LogP contribution in [0.4, 0.5) is 0 Å². The third-order valence-corrected chi connectivity index (χ3v) is 2.78. The molecular formula is C7H8OS. The summed E-state index contributed by atoms with van der Waals surface area (Å²) in [7, 11) is 0. The molecule has 1 aromatic heterocycles. The van der Waals surface area contributed by atoms with Gasteiger partial charge in [-0.2, -0.15) is 0 Å². The van der Waals surface area contributed by atoms with Gasteiger partial charge in [0.25, 0.3) is 0 Å². The van der Waals surface area contributed by atoms with E-state index in [1.165, 1.54) is 10.4 Å². The Morgan fingerprint density at radius 2 is 2.56 bits per heavy atom. The smallest absolute Gasteiger partial charge is 0.0804 e. The minimum absolute atomic E-state index is 0.161. The molecule has 0 unspecified atom stereocenters. The lowest BCUT2D eigenvalue weighted by molar-refractivity contribution is 0.180. The highest BCUT2D eigenvalue weighted by molar-refractivity contribution is 7.10. The van der Waals surface area contributed by atoms with Gasteiger partial charge in [0.1, 0.15) is 0 Å². The number of aliphatic hydroxyl groups is 1. The molecule has 2 heteroatoms. The van der Waals surface area contributed by atoms with Crippen molar-refractivity contribution in [1.29, 1.82) is 0 Å². The lowest BCUT2D eigenvalue weighted by Crippen LogP contribution is -1.86. The number of aliphatic hydroxyl groups excluding tert-OH is 1. The lowest BCUT2D eigenvalue weighted by atomic mass is 10.2. The van der Waals surface area contributed by atoms with Crippen molar-refractivity contribution in [1.82, 2.24) is 0 Å². The Morgan fingerprint density at radius 3 is 3.33 bits per heavy atom. The van der Waals surface area contributed by atoms with E-state index in [0.717, 1.165) is 12.8 Å². The maximum atomic E-state index is 9.28. The molecule has 1 aromatic rings. The summed E-state index contributed by atoms with van der Waals surface area (Å²) in [6.45, 7) is 0. The van der Waals surface area contributed by atoms with E-state index in [9.17, 15) is 5.11 Å². The molecule has 0 spiro atoms. The van der Waals surface area contributed by atoms with E-state index in [1.54, 1.807) is 11.3 Å². The van der Waals surface area contributed by atoms with Crippen molar-refractivity contribution >= 4 is 11.3 Å². The average molecular weight is 140 g/mol. The lowest BCUT2D eigenvalue weighted by Gasteiger charge is -1.95. The summed E-state index contributed by atoms with van der Waals surface area (Å²) in [6, 6.07) is 2.03. The van der Waals surface area contributed by atoms with E-state index in [1.807, 2.05) is 11.4 Å². The van der Waals surface area contributed by atoms with E-state index >= 15 is 0 Å². The Morgan fingerprint density at radius 1 is 1.67 bits per heavy atom. The van der Waals surface area contributed by atoms with Crippen LogP contribution < -0.4 is 0 Å². The number of hydrogen-bond acceptors (Lipinski definition) is 2. The van der Waals surface area contributed by atoms with E-state index < -0.39 is 0 Å². The summed E-state index contributed by atoms with van der Waals surface area (Å²) in [5.41, 5.74) is 1.17. The monoisotopic (exact) mass is 140 g/mol. The molecule has 0 saturated carbocycles. The number of hydrogen-bond donors (Lipinski definition) is 1. The second kappa shape index (κ2) is 1.82. The van der Waals surface area contributed by atoms with E-state index in [4.69, 9.17) is 0 Å². The third kappa shape index (κ3) is 0.705. The van der Waals surface area contributed by atoms with Gasteiger partial charge in [-0.3, -0.25) is 0 Å². The van der Waals surface area contributed by atoms with Gasteiger partial charge in [0.15, 0.2) is 0 Å². The van der Waals surface area contributed by atoms with Gasteiger partial charge in [0.05, 0.1) is 6.10 Å². The Hall–Kier alpha value is -0.340. The molecule has 1 atom stereocenters. The number of aryl methyl sites for hydroxylation is 1. The van der Waals surface area contributed by atoms with Gasteiger partial charge in [-0.15, -0.1) is 11.3 Å². The fourth-order valence-corrected chi connectivity index (χ4v) is 2.23. The highest BCUT2D eigenvalue weighted by Gasteiger charge is 2.20. The molecule has 1 N–H and O–H groups in total. The summed E-state index contributed by atoms with van der Waals surface area (Å²) in [4.78, 5) is 1.38. The standard InChI is InChI=1S/C7H8OS/c8-6-1-2-7-5(6)3-4-9-7/h3-4,6,8H,1-2H2/t6-/m1/s1. The Labute approximate surface area is 58.0 Å². The van der Waals surface area contributed by atoms with Crippen molar-refractivity contribution in [3.05, 3.63) is 21.9 Å². The molecule has 9 heavy (non-hydrogen) atoms. The van der Waals surface area contributed by atoms with Crippen molar-refractivity contribution in [3.63, 3.8) is 0 Å². The zero-order valence-electron chi connectivity index (χ0n) is 5.00. The first-order valence-corrected chi connectivity index (χ1v) is 4.00. The van der Waals surface area contributed by atoms with Crippen LogP contribution in [0.5, 0.6) is 0 Å². The Balaban J connectivity index is 2.49. The molecule has 0 saturated heterocycles. The van der Waals surface area contributed by atoms with Crippen LogP contribution >= 0.6 is 11.3 Å². The van der Waals surface area contributed by atoms with Gasteiger partial charge in [0.2, 0.25) is 0 Å². The summed E-state index contributed by atoms with van der Waals surface area (Å²) >= 11 is 1.76. The van der Waals surface area contributed by atoms with Crippen molar-refractivity contribution < 1.29 is 5.11 Å². The Kier molecular flexibility index (Phi) is 1.10. The molecule has 0 radical (unpaired) electrons. The number of fused-ring (bicyclic) bond motifs is 1. The van der Waals surface area contributed by atoms with Crippen LogP contribution in [0.2, 0.25) is 0 Å². The molecular weight excluding hydrogens is 132 g/mol. The van der Waals surface area contributed by atoms with Crippen LogP contribution in [0.25, 0.3) is 0 Å². The minimum atomic E-state index is -0.161. The first kappa shape index (κ1) is 5.45. The van der Waals surface area contributed by atoms with Crippen LogP contribution in [0, 0.1) is 0 Å². The average Bonchev–Trinajstić information content (AvgIpc) is 2.35. The molecule has 0 aromatic carbocycles. The van der Waals surface area contributed by atoms with Gasteiger partial charge in [-0.1, -0.05) is 0 Å². The highest BCUT2D eigenvalue weighted by atomic mass is 32.1. The molecule has 48 valence electrons. The van der Waals surface area contributed by atoms with Gasteiger partial charge in [-0.25, -0.2) is 0 Å². The van der Waals surface area contributed by atoms with Gasteiger partial charge < -0.3 is 5.11 Å². The minimum Gasteiger partial charge on any atom is -0.388 e. The fourth-order valence-electron chi connectivity index (χ4n) is 1.27. The van der Waals surface area contributed by atoms with Crippen LogP contribution in [-0.2, 0) is 6.42 Å². The van der Waals surface area contributed by atoms with E-state index in [-0.39, 0.29) is 6.10 Å². The second-order valence-electron chi connectivity index (χ2n) is 2.35.